The normalized spacial score (nSPS) is 8.83. The van der Waals surface area contributed by atoms with Crippen LogP contribution < -0.4 is 0 Å². The van der Waals surface area contributed by atoms with Crippen molar-refractivity contribution in [3.63, 3.8) is 0 Å². The Balaban J connectivity index is 0. The summed E-state index contributed by atoms with van der Waals surface area (Å²) in [4.78, 5) is 10.3. The molecule has 0 heterocycles. The molecule has 0 radical (unpaired) electrons. The molecule has 0 aromatic heterocycles. The van der Waals surface area contributed by atoms with E-state index in [2.05, 4.69) is 6.92 Å². The van der Waals surface area contributed by atoms with Gasteiger partial charge < -0.3 is 4.74 Å². The molecule has 0 aliphatic rings. The second-order valence-corrected chi connectivity index (χ2v) is 2.75. The number of hydrogen-bond acceptors (Lipinski definition) is 2. The average Bonchev–Trinajstić information content (AvgIpc) is 1.96. The first kappa shape index (κ1) is 14.6. The fourth-order valence-corrected chi connectivity index (χ4v) is 0.922. The van der Waals surface area contributed by atoms with Gasteiger partial charge in [-0.2, -0.15) is 0 Å². The van der Waals surface area contributed by atoms with Crippen molar-refractivity contribution in [1.82, 2.24) is 0 Å². The van der Waals surface area contributed by atoms with Crippen molar-refractivity contribution < 1.29 is 9.53 Å². The van der Waals surface area contributed by atoms with Crippen molar-refractivity contribution in [2.24, 2.45) is 0 Å². The fourth-order valence-electron chi connectivity index (χ4n) is 0.922. The van der Waals surface area contributed by atoms with Gasteiger partial charge in [0, 0.05) is 6.92 Å². The average molecular weight is 166 g/mol. The molecular weight excluding hydrogens is 147 g/mol. The van der Waals surface area contributed by atoms with Gasteiger partial charge in [-0.05, 0) is 6.42 Å². The zero-order valence-electron chi connectivity index (χ0n) is 7.56. The number of carbonyl (C=O) groups is 1. The van der Waals surface area contributed by atoms with E-state index in [0.29, 0.717) is 6.61 Å². The van der Waals surface area contributed by atoms with Crippen LogP contribution in [-0.2, 0) is 9.53 Å². The SMILES string of the molecule is CCCCCCCOC(C)=O.[LiH]. The van der Waals surface area contributed by atoms with Crippen molar-refractivity contribution in [3.8, 4) is 0 Å². The zero-order chi connectivity index (χ0) is 8.53. The van der Waals surface area contributed by atoms with Gasteiger partial charge in [0.05, 0.1) is 6.61 Å². The second-order valence-electron chi connectivity index (χ2n) is 2.75. The molecule has 0 fully saturated rings. The monoisotopic (exact) mass is 166 g/mol. The topological polar surface area (TPSA) is 26.3 Å². The summed E-state index contributed by atoms with van der Waals surface area (Å²) in [6.45, 7) is 4.23. The summed E-state index contributed by atoms with van der Waals surface area (Å²) in [5.41, 5.74) is 0. The molecule has 0 aromatic carbocycles. The second kappa shape index (κ2) is 11.1. The van der Waals surface area contributed by atoms with Crippen LogP contribution in [-0.4, -0.2) is 31.4 Å². The minimum absolute atomic E-state index is 0. The van der Waals surface area contributed by atoms with Crippen LogP contribution >= 0.6 is 0 Å². The summed E-state index contributed by atoms with van der Waals surface area (Å²) in [6.07, 6.45) is 6.01. The van der Waals surface area contributed by atoms with Gasteiger partial charge in [-0.25, -0.2) is 0 Å². The Morgan fingerprint density at radius 3 is 2.25 bits per heavy atom. The first-order valence-electron chi connectivity index (χ1n) is 4.40. The Kier molecular flexibility index (Phi) is 13.5. The molecule has 0 N–H and O–H groups in total. The van der Waals surface area contributed by atoms with Gasteiger partial charge in [-0.3, -0.25) is 4.79 Å². The van der Waals surface area contributed by atoms with Gasteiger partial charge in [0.2, 0.25) is 0 Å². The number of rotatable bonds is 6. The van der Waals surface area contributed by atoms with Gasteiger partial charge >= 0.3 is 24.8 Å². The van der Waals surface area contributed by atoms with Crippen LogP contribution in [0.15, 0.2) is 0 Å². The molecule has 0 aromatic rings. The van der Waals surface area contributed by atoms with Crippen molar-refractivity contribution in [2.75, 3.05) is 6.61 Å². The maximum absolute atomic E-state index is 10.3. The Morgan fingerprint density at radius 1 is 1.17 bits per heavy atom. The third-order valence-corrected chi connectivity index (χ3v) is 1.55. The van der Waals surface area contributed by atoms with Crippen LogP contribution in [0.5, 0.6) is 0 Å². The summed E-state index contributed by atoms with van der Waals surface area (Å²) in [7, 11) is 0. The molecule has 0 saturated carbocycles. The van der Waals surface area contributed by atoms with E-state index in [1.807, 2.05) is 0 Å². The summed E-state index contributed by atoms with van der Waals surface area (Å²) >= 11 is 0. The van der Waals surface area contributed by atoms with E-state index in [9.17, 15) is 4.79 Å². The van der Waals surface area contributed by atoms with E-state index in [-0.39, 0.29) is 24.8 Å². The third kappa shape index (κ3) is 12.7. The van der Waals surface area contributed by atoms with E-state index >= 15 is 0 Å². The van der Waals surface area contributed by atoms with E-state index < -0.39 is 0 Å². The zero-order valence-corrected chi connectivity index (χ0v) is 7.56. The van der Waals surface area contributed by atoms with Crippen LogP contribution in [0.3, 0.4) is 0 Å². The van der Waals surface area contributed by atoms with Crippen LogP contribution in [0.1, 0.15) is 46.0 Å². The van der Waals surface area contributed by atoms with Gasteiger partial charge in [0.1, 0.15) is 0 Å². The van der Waals surface area contributed by atoms with E-state index in [0.717, 1.165) is 6.42 Å². The van der Waals surface area contributed by atoms with E-state index in [4.69, 9.17) is 4.74 Å². The van der Waals surface area contributed by atoms with E-state index in [1.165, 1.54) is 32.6 Å². The molecule has 0 saturated heterocycles. The van der Waals surface area contributed by atoms with Gasteiger partial charge in [0.25, 0.3) is 0 Å². The molecule has 0 aliphatic heterocycles. The summed E-state index contributed by atoms with van der Waals surface area (Å²) in [5, 5.41) is 0. The Labute approximate surface area is 87.2 Å². The first-order chi connectivity index (χ1) is 5.27. The van der Waals surface area contributed by atoms with Crippen LogP contribution in [0.25, 0.3) is 0 Å². The Bertz CT molecular complexity index is 105. The molecule has 68 valence electrons. The van der Waals surface area contributed by atoms with Crippen molar-refractivity contribution >= 4 is 24.8 Å². The van der Waals surface area contributed by atoms with Gasteiger partial charge in [-0.15, -0.1) is 0 Å². The number of unbranched alkanes of at least 4 members (excludes halogenated alkanes) is 4. The van der Waals surface area contributed by atoms with Crippen molar-refractivity contribution in [2.45, 2.75) is 46.0 Å². The molecule has 0 aliphatic carbocycles. The number of ether oxygens (including phenoxy) is 1. The Hall–Kier alpha value is 0.0674. The Morgan fingerprint density at radius 2 is 1.75 bits per heavy atom. The first-order valence-corrected chi connectivity index (χ1v) is 4.40. The molecule has 0 spiro atoms. The third-order valence-electron chi connectivity index (χ3n) is 1.55. The number of esters is 1. The molecule has 0 bridgehead atoms. The number of carbonyl (C=O) groups excluding carboxylic acids is 1. The molecule has 0 unspecified atom stereocenters. The number of hydrogen-bond donors (Lipinski definition) is 0. The quantitative estimate of drug-likeness (QED) is 0.342. The van der Waals surface area contributed by atoms with Crippen LogP contribution in [0, 0.1) is 0 Å². The predicted molar refractivity (Wildman–Crippen MR) is 52.5 cm³/mol. The molecule has 2 nitrogen and oxygen atoms in total. The maximum atomic E-state index is 10.3. The van der Waals surface area contributed by atoms with Gasteiger partial charge in [-0.1, -0.05) is 32.6 Å². The molecule has 3 heteroatoms. The fraction of sp³-hybridized carbons (Fsp3) is 0.889. The molecule has 0 rings (SSSR count). The minimum atomic E-state index is -0.166. The molecule has 0 atom stereocenters. The van der Waals surface area contributed by atoms with Crippen LogP contribution in [0.2, 0.25) is 0 Å². The molecule has 12 heavy (non-hydrogen) atoms. The van der Waals surface area contributed by atoms with Gasteiger partial charge in [0.15, 0.2) is 0 Å². The summed E-state index contributed by atoms with van der Waals surface area (Å²) < 4.78 is 4.78. The summed E-state index contributed by atoms with van der Waals surface area (Å²) in [5.74, 6) is -0.166. The standard InChI is InChI=1S/C9H18O2.Li.H/c1-3-4-5-6-7-8-11-9(2)10;;/h3-8H2,1-2H3;;. The molecular formula is C9H19LiO2. The van der Waals surface area contributed by atoms with Crippen LogP contribution in [0.4, 0.5) is 0 Å². The van der Waals surface area contributed by atoms with Crippen molar-refractivity contribution in [3.05, 3.63) is 0 Å². The van der Waals surface area contributed by atoms with Crippen molar-refractivity contribution in [1.29, 1.82) is 0 Å². The van der Waals surface area contributed by atoms with E-state index in [1.54, 1.807) is 0 Å². The molecule has 0 amide bonds. The summed E-state index contributed by atoms with van der Waals surface area (Å²) in [6, 6.07) is 0. The predicted octanol–water partition coefficient (Wildman–Crippen LogP) is 1.87.